The van der Waals surface area contributed by atoms with Gasteiger partial charge in [-0.05, 0) is 36.1 Å². The first-order valence-electron chi connectivity index (χ1n) is 5.56. The van der Waals surface area contributed by atoms with Crippen LogP contribution in [0, 0.1) is 5.92 Å². The van der Waals surface area contributed by atoms with Gasteiger partial charge >= 0.3 is 6.36 Å². The van der Waals surface area contributed by atoms with Crippen LogP contribution in [0.3, 0.4) is 0 Å². The van der Waals surface area contributed by atoms with Crippen molar-refractivity contribution in [1.29, 1.82) is 0 Å². The van der Waals surface area contributed by atoms with Gasteiger partial charge in [-0.2, -0.15) is 0 Å². The molecule has 0 saturated carbocycles. The van der Waals surface area contributed by atoms with E-state index in [0.717, 1.165) is 18.2 Å². The molecule has 0 fully saturated rings. The number of fused-ring (bicyclic) bond motifs is 1. The Labute approximate surface area is 108 Å². The lowest BCUT2D eigenvalue weighted by Gasteiger charge is -2.12. The summed E-state index contributed by atoms with van der Waals surface area (Å²) in [5.74, 6) is -0.410. The fourth-order valence-electron chi connectivity index (χ4n) is 1.95. The van der Waals surface area contributed by atoms with Crippen LogP contribution >= 0.6 is 0 Å². The molecule has 0 aromatic heterocycles. The van der Waals surface area contributed by atoms with Crippen molar-refractivity contribution in [2.45, 2.75) is 24.6 Å². The summed E-state index contributed by atoms with van der Waals surface area (Å²) >= 11 is 0. The number of hydrogen-bond donors (Lipinski definition) is 1. The average Bonchev–Trinajstić information content (AvgIpc) is 2.34. The third kappa shape index (κ3) is 3.38. The van der Waals surface area contributed by atoms with Gasteiger partial charge in [0.2, 0.25) is 10.0 Å². The molecule has 4 nitrogen and oxygen atoms in total. The van der Waals surface area contributed by atoms with Crippen molar-refractivity contribution in [3.63, 3.8) is 0 Å². The van der Waals surface area contributed by atoms with Gasteiger partial charge in [0, 0.05) is 6.54 Å². The van der Waals surface area contributed by atoms with E-state index >= 15 is 0 Å². The Morgan fingerprint density at radius 2 is 2.05 bits per heavy atom. The summed E-state index contributed by atoms with van der Waals surface area (Å²) in [5, 5.41) is 0. The zero-order valence-electron chi connectivity index (χ0n) is 9.99. The topological polar surface area (TPSA) is 55.4 Å². The minimum atomic E-state index is -4.79. The summed E-state index contributed by atoms with van der Waals surface area (Å²) in [4.78, 5) is 0.00590. The molecule has 19 heavy (non-hydrogen) atoms. The molecule has 0 aliphatic carbocycles. The maximum Gasteiger partial charge on any atom is 0.573 e. The number of hydrogen-bond acceptors (Lipinski definition) is 3. The lowest BCUT2D eigenvalue weighted by Crippen LogP contribution is -2.26. The first kappa shape index (κ1) is 14.1. The molecule has 2 rings (SSSR count). The van der Waals surface area contributed by atoms with Crippen molar-refractivity contribution in [3.05, 3.63) is 23.8 Å². The van der Waals surface area contributed by atoms with Crippen molar-refractivity contribution in [2.24, 2.45) is 5.92 Å². The Balaban J connectivity index is 2.43. The molecule has 0 amide bonds. The smallest absolute Gasteiger partial charge is 0.406 e. The summed E-state index contributed by atoms with van der Waals surface area (Å²) in [6.45, 7) is 2.07. The fourth-order valence-corrected chi connectivity index (χ4v) is 3.35. The minimum absolute atomic E-state index is 0.00263. The highest BCUT2D eigenvalue weighted by Gasteiger charge is 2.32. The molecule has 0 spiro atoms. The first-order valence-corrected chi connectivity index (χ1v) is 7.04. The quantitative estimate of drug-likeness (QED) is 0.863. The minimum Gasteiger partial charge on any atom is -0.406 e. The zero-order valence-corrected chi connectivity index (χ0v) is 10.8. The van der Waals surface area contributed by atoms with Gasteiger partial charge in [-0.1, -0.05) is 6.92 Å². The molecule has 1 aliphatic heterocycles. The van der Waals surface area contributed by atoms with E-state index in [2.05, 4.69) is 9.46 Å². The number of ether oxygens (including phenoxy) is 1. The van der Waals surface area contributed by atoms with Crippen LogP contribution in [0.4, 0.5) is 13.2 Å². The van der Waals surface area contributed by atoms with Gasteiger partial charge in [0.25, 0.3) is 0 Å². The third-order valence-electron chi connectivity index (χ3n) is 2.75. The highest BCUT2D eigenvalue weighted by atomic mass is 32.2. The van der Waals surface area contributed by atoms with Gasteiger partial charge in [-0.3, -0.25) is 0 Å². The van der Waals surface area contributed by atoms with E-state index in [9.17, 15) is 21.6 Å². The van der Waals surface area contributed by atoms with Crippen LogP contribution in [0.25, 0.3) is 0 Å². The van der Waals surface area contributed by atoms with Crippen LogP contribution in [-0.4, -0.2) is 21.3 Å². The normalized spacial score (nSPS) is 22.4. The number of halogens is 3. The van der Waals surface area contributed by atoms with Gasteiger partial charge in [0.1, 0.15) is 5.75 Å². The molecule has 1 N–H and O–H groups in total. The molecule has 8 heteroatoms. The van der Waals surface area contributed by atoms with Gasteiger partial charge in [0.15, 0.2) is 0 Å². The predicted octanol–water partition coefficient (Wildman–Crippen LogP) is 2.06. The Morgan fingerprint density at radius 3 is 2.68 bits per heavy atom. The lowest BCUT2D eigenvalue weighted by molar-refractivity contribution is -0.274. The maximum absolute atomic E-state index is 12.1. The van der Waals surface area contributed by atoms with E-state index in [1.54, 1.807) is 0 Å². The largest absolute Gasteiger partial charge is 0.573 e. The highest BCUT2D eigenvalue weighted by molar-refractivity contribution is 7.89. The Kier molecular flexibility index (Phi) is 3.48. The highest BCUT2D eigenvalue weighted by Crippen LogP contribution is 2.29. The number of sulfonamides is 1. The second-order valence-corrected chi connectivity index (χ2v) is 6.21. The molecule has 0 bridgehead atoms. The Bertz CT molecular complexity index is 583. The van der Waals surface area contributed by atoms with Crippen molar-refractivity contribution in [2.75, 3.05) is 6.54 Å². The monoisotopic (exact) mass is 295 g/mol. The molecule has 0 unspecified atom stereocenters. The fraction of sp³-hybridized carbons (Fsp3) is 0.455. The SMILES string of the molecule is C[C@H]1CNS(=O)(=O)c2ccc(OC(F)(F)F)cc2C1. The standard InChI is InChI=1S/C11H12F3NO3S/c1-7-4-8-5-9(18-11(12,13)14)2-3-10(8)19(16,17)15-6-7/h2-3,5,7,15H,4,6H2,1H3/t7-/m1/s1. The summed E-state index contributed by atoms with van der Waals surface area (Å²) in [6, 6.07) is 3.27. The zero-order chi connectivity index (χ0) is 14.3. The van der Waals surface area contributed by atoms with E-state index in [0.29, 0.717) is 12.0 Å². The number of alkyl halides is 3. The maximum atomic E-state index is 12.1. The van der Waals surface area contributed by atoms with E-state index in [1.165, 1.54) is 0 Å². The molecular formula is C11H12F3NO3S. The summed E-state index contributed by atoms with van der Waals surface area (Å²) < 4.78 is 66.3. The molecule has 1 aliphatic rings. The molecule has 0 radical (unpaired) electrons. The van der Waals surface area contributed by atoms with E-state index in [4.69, 9.17) is 0 Å². The number of nitrogens with one attached hydrogen (secondary N) is 1. The van der Waals surface area contributed by atoms with E-state index in [-0.39, 0.29) is 17.4 Å². The molecule has 1 aromatic rings. The van der Waals surface area contributed by atoms with Crippen LogP contribution in [-0.2, 0) is 16.4 Å². The van der Waals surface area contributed by atoms with Crippen LogP contribution < -0.4 is 9.46 Å². The third-order valence-corrected chi connectivity index (χ3v) is 4.27. The van der Waals surface area contributed by atoms with E-state index < -0.39 is 22.1 Å². The van der Waals surface area contributed by atoms with Crippen LogP contribution in [0.1, 0.15) is 12.5 Å². The van der Waals surface area contributed by atoms with Gasteiger partial charge in [-0.15, -0.1) is 13.2 Å². The van der Waals surface area contributed by atoms with Gasteiger partial charge in [0.05, 0.1) is 4.90 Å². The number of rotatable bonds is 1. The van der Waals surface area contributed by atoms with Crippen LogP contribution in [0.2, 0.25) is 0 Å². The van der Waals surface area contributed by atoms with Crippen molar-refractivity contribution >= 4 is 10.0 Å². The van der Waals surface area contributed by atoms with Gasteiger partial charge < -0.3 is 4.74 Å². The second-order valence-electron chi connectivity index (χ2n) is 4.48. The molecule has 1 atom stereocenters. The first-order chi connectivity index (χ1) is 8.67. The second kappa shape index (κ2) is 4.68. The molecule has 1 aromatic carbocycles. The summed E-state index contributed by atoms with van der Waals surface area (Å²) in [5.41, 5.74) is 0.333. The van der Waals surface area contributed by atoms with Crippen molar-refractivity contribution in [3.8, 4) is 5.75 Å². The predicted molar refractivity (Wildman–Crippen MR) is 61.2 cm³/mol. The van der Waals surface area contributed by atoms with Crippen molar-refractivity contribution in [1.82, 2.24) is 4.72 Å². The molecule has 106 valence electrons. The molecule has 1 heterocycles. The Morgan fingerprint density at radius 1 is 1.37 bits per heavy atom. The summed E-state index contributed by atoms with van der Waals surface area (Å²) in [7, 11) is -3.66. The molecule has 0 saturated heterocycles. The summed E-state index contributed by atoms with van der Waals surface area (Å²) in [6.07, 6.45) is -4.42. The number of benzene rings is 1. The average molecular weight is 295 g/mol. The van der Waals surface area contributed by atoms with Gasteiger partial charge in [-0.25, -0.2) is 13.1 Å². The van der Waals surface area contributed by atoms with Crippen LogP contribution in [0.15, 0.2) is 23.1 Å². The van der Waals surface area contributed by atoms with E-state index in [1.807, 2.05) is 6.92 Å². The lowest BCUT2D eigenvalue weighted by atomic mass is 10.0. The van der Waals surface area contributed by atoms with Crippen LogP contribution in [0.5, 0.6) is 5.75 Å². The van der Waals surface area contributed by atoms with Crippen molar-refractivity contribution < 1.29 is 26.3 Å². The molecular weight excluding hydrogens is 283 g/mol. The Hall–Kier alpha value is -1.28.